The number of aliphatic imine (C=N–C) groups is 1. The predicted octanol–water partition coefficient (Wildman–Crippen LogP) is 1.02. The van der Waals surface area contributed by atoms with Crippen LogP contribution in [0.5, 0.6) is 0 Å². The summed E-state index contributed by atoms with van der Waals surface area (Å²) < 4.78 is 11.6. The first-order valence-electron chi connectivity index (χ1n) is 7.22. The summed E-state index contributed by atoms with van der Waals surface area (Å²) in [6.45, 7) is 10.7. The van der Waals surface area contributed by atoms with Crippen molar-refractivity contribution in [3.8, 4) is 0 Å². The molecule has 0 spiro atoms. The molecule has 2 heterocycles. The van der Waals surface area contributed by atoms with Gasteiger partial charge in [0, 0.05) is 26.2 Å². The fraction of sp³-hybridized carbons (Fsp3) is 0.786. The number of ether oxygens (including phenoxy) is 2. The van der Waals surface area contributed by atoms with Crippen LogP contribution in [0.15, 0.2) is 17.6 Å². The lowest BCUT2D eigenvalue weighted by Crippen LogP contribution is -2.53. The SMILES string of the molecule is C=CCN=C(NCC)N1CCOC(C2CCCO2)C1. The third-order valence-electron chi connectivity index (χ3n) is 3.48. The molecular formula is C14H25N3O2. The topological polar surface area (TPSA) is 46.1 Å². The highest BCUT2D eigenvalue weighted by molar-refractivity contribution is 5.80. The van der Waals surface area contributed by atoms with Gasteiger partial charge < -0.3 is 19.7 Å². The summed E-state index contributed by atoms with van der Waals surface area (Å²) in [4.78, 5) is 6.80. The number of guanidine groups is 1. The zero-order chi connectivity index (χ0) is 13.5. The molecule has 0 aromatic heterocycles. The highest BCUT2D eigenvalue weighted by Gasteiger charge is 2.32. The van der Waals surface area contributed by atoms with Gasteiger partial charge in [0.15, 0.2) is 5.96 Å². The second kappa shape index (κ2) is 7.50. The minimum atomic E-state index is 0.170. The molecule has 2 rings (SSSR count). The Hall–Kier alpha value is -1.07. The highest BCUT2D eigenvalue weighted by atomic mass is 16.5. The summed E-state index contributed by atoms with van der Waals surface area (Å²) in [5, 5.41) is 3.33. The Bertz CT molecular complexity index is 314. The molecule has 1 N–H and O–H groups in total. The van der Waals surface area contributed by atoms with E-state index < -0.39 is 0 Å². The lowest BCUT2D eigenvalue weighted by atomic mass is 10.1. The normalized spacial score (nSPS) is 28.5. The lowest BCUT2D eigenvalue weighted by Gasteiger charge is -2.37. The van der Waals surface area contributed by atoms with E-state index in [2.05, 4.69) is 28.7 Å². The van der Waals surface area contributed by atoms with Crippen molar-refractivity contribution in [3.63, 3.8) is 0 Å². The monoisotopic (exact) mass is 267 g/mol. The Balaban J connectivity index is 1.95. The van der Waals surface area contributed by atoms with Crippen LogP contribution >= 0.6 is 0 Å². The Morgan fingerprint density at radius 3 is 2.95 bits per heavy atom. The van der Waals surface area contributed by atoms with Crippen molar-refractivity contribution in [1.29, 1.82) is 0 Å². The molecule has 0 amide bonds. The van der Waals surface area contributed by atoms with Crippen LogP contribution in [0.25, 0.3) is 0 Å². The molecule has 5 nitrogen and oxygen atoms in total. The first kappa shape index (κ1) is 14.3. The zero-order valence-electron chi connectivity index (χ0n) is 11.8. The fourth-order valence-corrected chi connectivity index (χ4v) is 2.57. The summed E-state index contributed by atoms with van der Waals surface area (Å²) in [5.41, 5.74) is 0. The van der Waals surface area contributed by atoms with Crippen LogP contribution < -0.4 is 5.32 Å². The summed E-state index contributed by atoms with van der Waals surface area (Å²) >= 11 is 0. The van der Waals surface area contributed by atoms with Crippen LogP contribution in [-0.2, 0) is 9.47 Å². The van der Waals surface area contributed by atoms with Gasteiger partial charge in [-0.25, -0.2) is 4.99 Å². The molecular weight excluding hydrogens is 242 g/mol. The van der Waals surface area contributed by atoms with E-state index in [4.69, 9.17) is 9.47 Å². The van der Waals surface area contributed by atoms with Gasteiger partial charge in [-0.05, 0) is 19.8 Å². The Kier molecular flexibility index (Phi) is 5.66. The maximum atomic E-state index is 5.86. The highest BCUT2D eigenvalue weighted by Crippen LogP contribution is 2.20. The molecule has 2 fully saturated rings. The van der Waals surface area contributed by atoms with Gasteiger partial charge >= 0.3 is 0 Å². The smallest absolute Gasteiger partial charge is 0.194 e. The molecule has 2 aliphatic heterocycles. The third kappa shape index (κ3) is 3.94. The van der Waals surface area contributed by atoms with E-state index in [1.54, 1.807) is 0 Å². The molecule has 2 saturated heterocycles. The van der Waals surface area contributed by atoms with E-state index in [0.29, 0.717) is 6.54 Å². The quantitative estimate of drug-likeness (QED) is 0.469. The Morgan fingerprint density at radius 1 is 1.42 bits per heavy atom. The minimum absolute atomic E-state index is 0.170. The van der Waals surface area contributed by atoms with Crippen LogP contribution in [0.3, 0.4) is 0 Å². The summed E-state index contributed by atoms with van der Waals surface area (Å²) in [6.07, 6.45) is 4.50. The Labute approximate surface area is 115 Å². The molecule has 0 saturated carbocycles. The van der Waals surface area contributed by atoms with Crippen LogP contribution in [0.1, 0.15) is 19.8 Å². The van der Waals surface area contributed by atoms with Crippen molar-refractivity contribution in [2.75, 3.05) is 39.4 Å². The van der Waals surface area contributed by atoms with Crippen LogP contribution in [0, 0.1) is 0 Å². The summed E-state index contributed by atoms with van der Waals surface area (Å²) in [7, 11) is 0. The molecule has 19 heavy (non-hydrogen) atoms. The number of rotatable bonds is 4. The maximum absolute atomic E-state index is 5.86. The summed E-state index contributed by atoms with van der Waals surface area (Å²) in [6, 6.07) is 0. The lowest BCUT2D eigenvalue weighted by molar-refractivity contribution is -0.0816. The van der Waals surface area contributed by atoms with Crippen molar-refractivity contribution in [2.45, 2.75) is 32.0 Å². The van der Waals surface area contributed by atoms with Gasteiger partial charge in [0.05, 0.1) is 19.3 Å². The van der Waals surface area contributed by atoms with Gasteiger partial charge in [-0.15, -0.1) is 6.58 Å². The largest absolute Gasteiger partial charge is 0.375 e. The Morgan fingerprint density at radius 2 is 2.26 bits per heavy atom. The van der Waals surface area contributed by atoms with Crippen molar-refractivity contribution in [2.24, 2.45) is 4.99 Å². The van der Waals surface area contributed by atoms with Crippen molar-refractivity contribution in [3.05, 3.63) is 12.7 Å². The van der Waals surface area contributed by atoms with Crippen molar-refractivity contribution >= 4 is 5.96 Å². The van der Waals surface area contributed by atoms with E-state index in [9.17, 15) is 0 Å². The first-order chi connectivity index (χ1) is 9.35. The number of morpholine rings is 1. The summed E-state index contributed by atoms with van der Waals surface area (Å²) in [5.74, 6) is 0.952. The minimum Gasteiger partial charge on any atom is -0.375 e. The van der Waals surface area contributed by atoms with Crippen molar-refractivity contribution < 1.29 is 9.47 Å². The van der Waals surface area contributed by atoms with Gasteiger partial charge in [0.1, 0.15) is 6.10 Å². The maximum Gasteiger partial charge on any atom is 0.194 e. The number of nitrogens with one attached hydrogen (secondary N) is 1. The third-order valence-corrected chi connectivity index (χ3v) is 3.48. The zero-order valence-corrected chi connectivity index (χ0v) is 11.8. The van der Waals surface area contributed by atoms with Crippen LogP contribution in [0.2, 0.25) is 0 Å². The molecule has 0 bridgehead atoms. The van der Waals surface area contributed by atoms with Gasteiger partial charge in [-0.2, -0.15) is 0 Å². The van der Waals surface area contributed by atoms with E-state index in [0.717, 1.165) is 51.6 Å². The molecule has 5 heteroatoms. The molecule has 0 radical (unpaired) electrons. The predicted molar refractivity (Wildman–Crippen MR) is 76.5 cm³/mol. The molecule has 108 valence electrons. The van der Waals surface area contributed by atoms with Gasteiger partial charge in [-0.3, -0.25) is 0 Å². The average Bonchev–Trinajstić information content (AvgIpc) is 2.98. The van der Waals surface area contributed by atoms with Gasteiger partial charge in [0.25, 0.3) is 0 Å². The molecule has 0 aliphatic carbocycles. The second-order valence-electron chi connectivity index (χ2n) is 4.89. The fourth-order valence-electron chi connectivity index (χ4n) is 2.57. The number of nitrogens with zero attached hydrogens (tertiary/aromatic N) is 2. The average molecular weight is 267 g/mol. The molecule has 2 aliphatic rings. The van der Waals surface area contributed by atoms with Crippen LogP contribution in [-0.4, -0.2) is 62.5 Å². The second-order valence-corrected chi connectivity index (χ2v) is 4.89. The number of hydrogen-bond acceptors (Lipinski definition) is 3. The first-order valence-corrected chi connectivity index (χ1v) is 7.22. The molecule has 2 atom stereocenters. The molecule has 0 aromatic carbocycles. The van der Waals surface area contributed by atoms with E-state index in [1.807, 2.05) is 6.08 Å². The van der Waals surface area contributed by atoms with Crippen molar-refractivity contribution in [1.82, 2.24) is 10.2 Å². The van der Waals surface area contributed by atoms with Gasteiger partial charge in [0.2, 0.25) is 0 Å². The van der Waals surface area contributed by atoms with E-state index in [1.165, 1.54) is 0 Å². The standard InChI is InChI=1S/C14H25N3O2/c1-3-7-16-14(15-4-2)17-8-10-19-13(11-17)12-6-5-9-18-12/h3,12-13H,1,4-11H2,2H3,(H,15,16). The van der Waals surface area contributed by atoms with Crippen LogP contribution in [0.4, 0.5) is 0 Å². The molecule has 0 aromatic rings. The molecule has 2 unspecified atom stereocenters. The van der Waals surface area contributed by atoms with E-state index >= 15 is 0 Å². The van der Waals surface area contributed by atoms with E-state index in [-0.39, 0.29) is 12.2 Å². The number of hydrogen-bond donors (Lipinski definition) is 1. The van der Waals surface area contributed by atoms with Gasteiger partial charge in [-0.1, -0.05) is 6.08 Å².